The summed E-state index contributed by atoms with van der Waals surface area (Å²) in [5, 5.41) is 0.597. The van der Waals surface area contributed by atoms with Crippen molar-refractivity contribution in [3.8, 4) is 17.0 Å². The van der Waals surface area contributed by atoms with Crippen LogP contribution in [0, 0.1) is 11.2 Å². The minimum atomic E-state index is -0.640. The molecule has 1 saturated carbocycles. The van der Waals surface area contributed by atoms with Gasteiger partial charge in [-0.25, -0.2) is 9.18 Å². The number of rotatable bonds is 18. The molecule has 0 radical (unpaired) electrons. The van der Waals surface area contributed by atoms with Crippen LogP contribution in [0.25, 0.3) is 22.2 Å². The van der Waals surface area contributed by atoms with Crippen molar-refractivity contribution < 1.29 is 23.1 Å². The number of halogens is 1. The normalized spacial score (nSPS) is 19.5. The first-order valence-electron chi connectivity index (χ1n) is 15.2. The van der Waals surface area contributed by atoms with Crippen LogP contribution < -0.4 is 21.8 Å². The Morgan fingerprint density at radius 1 is 1.02 bits per heavy atom. The molecule has 0 amide bonds. The second kappa shape index (κ2) is 15.6. The van der Waals surface area contributed by atoms with Crippen molar-refractivity contribution in [3.63, 3.8) is 0 Å². The number of fused-ring (bicyclic) bond motifs is 1. The largest absolute Gasteiger partial charge is 0.477 e. The van der Waals surface area contributed by atoms with Gasteiger partial charge in [0.15, 0.2) is 0 Å². The zero-order valence-corrected chi connectivity index (χ0v) is 28.9. The first-order chi connectivity index (χ1) is 21.3. The van der Waals surface area contributed by atoms with Gasteiger partial charge >= 0.3 is 11.6 Å². The predicted octanol–water partition coefficient (Wildman–Crippen LogP) is 5.91. The fraction of sp³-hybridized carbons (Fsp3) is 0.545. The average Bonchev–Trinajstić information content (AvgIpc) is 3.53. The van der Waals surface area contributed by atoms with Crippen LogP contribution >= 0.6 is 35.3 Å². The van der Waals surface area contributed by atoms with E-state index in [1.807, 2.05) is 45.5 Å². The van der Waals surface area contributed by atoms with E-state index in [9.17, 15) is 14.0 Å². The number of thioether (sulfide) groups is 3. The topological polar surface area (TPSA) is 131 Å². The Bertz CT molecular complexity index is 1530. The Labute approximate surface area is 277 Å². The maximum atomic E-state index is 14.6. The van der Waals surface area contributed by atoms with Crippen LogP contribution in [0.3, 0.4) is 0 Å². The second-order valence-corrected chi connectivity index (χ2v) is 16.0. The summed E-state index contributed by atoms with van der Waals surface area (Å²) in [6, 6.07) is 9.95. The number of aromatic nitrogens is 1. The maximum absolute atomic E-state index is 14.6. The van der Waals surface area contributed by atoms with Crippen molar-refractivity contribution in [2.75, 3.05) is 47.7 Å². The molecule has 2 atom stereocenters. The number of benzene rings is 1. The molecule has 1 aliphatic rings. The number of hydrogen-bond acceptors (Lipinski definition) is 11. The van der Waals surface area contributed by atoms with Gasteiger partial charge in [-0.1, -0.05) is 19.1 Å². The number of carbonyl (C=O) groups excluding carboxylic acids is 1. The molecule has 0 saturated heterocycles. The van der Waals surface area contributed by atoms with E-state index in [1.165, 1.54) is 6.07 Å². The predicted molar refractivity (Wildman–Crippen MR) is 186 cm³/mol. The van der Waals surface area contributed by atoms with Gasteiger partial charge in [0, 0.05) is 62.6 Å². The van der Waals surface area contributed by atoms with Gasteiger partial charge in [-0.15, -0.1) is 0 Å². The lowest BCUT2D eigenvalue weighted by Crippen LogP contribution is -2.45. The number of nitrogens with zero attached hydrogens (tertiary/aromatic N) is 1. The molecule has 3 aromatic rings. The number of hydrogen-bond donors (Lipinski definition) is 2. The van der Waals surface area contributed by atoms with Crippen molar-refractivity contribution in [1.29, 1.82) is 0 Å². The first-order valence-corrected chi connectivity index (χ1v) is 18.7. The molecule has 2 unspecified atom stereocenters. The van der Waals surface area contributed by atoms with Crippen molar-refractivity contribution >= 4 is 52.4 Å². The summed E-state index contributed by atoms with van der Waals surface area (Å²) in [5.41, 5.74) is 11.7. The van der Waals surface area contributed by atoms with Gasteiger partial charge in [0.25, 0.3) is 0 Å². The Hall–Kier alpha value is -2.25. The van der Waals surface area contributed by atoms with E-state index in [0.29, 0.717) is 43.7 Å². The molecule has 45 heavy (non-hydrogen) atoms. The summed E-state index contributed by atoms with van der Waals surface area (Å²) < 4.78 is 31.3. The zero-order chi connectivity index (χ0) is 32.7. The van der Waals surface area contributed by atoms with Crippen LogP contribution in [-0.2, 0) is 16.0 Å². The molecular formula is C33H44FN3O5S3. The summed E-state index contributed by atoms with van der Waals surface area (Å²) in [6.45, 7) is 8.56. The third-order valence-corrected chi connectivity index (χ3v) is 11.3. The van der Waals surface area contributed by atoms with E-state index in [2.05, 4.69) is 4.98 Å². The lowest BCUT2D eigenvalue weighted by molar-refractivity contribution is -0.149. The van der Waals surface area contributed by atoms with E-state index < -0.39 is 27.9 Å². The van der Waals surface area contributed by atoms with Gasteiger partial charge in [0.1, 0.15) is 12.4 Å². The van der Waals surface area contributed by atoms with Crippen LogP contribution in [0.1, 0.15) is 46.1 Å². The SMILES string of the molecule is CCc1ccc(-c2cc3ccc(OCCSCCSCCSCCOC(=O)C4(C)CC4(N)CC(C)(C)N)nc3oc2=O)c(F)c1. The van der Waals surface area contributed by atoms with Crippen LogP contribution in [0.15, 0.2) is 45.6 Å². The Morgan fingerprint density at radius 2 is 1.69 bits per heavy atom. The Morgan fingerprint density at radius 3 is 2.33 bits per heavy atom. The molecule has 4 N–H and O–H groups in total. The van der Waals surface area contributed by atoms with E-state index in [-0.39, 0.29) is 22.8 Å². The fourth-order valence-corrected chi connectivity index (χ4v) is 8.18. The highest BCUT2D eigenvalue weighted by molar-refractivity contribution is 8.04. The monoisotopic (exact) mass is 677 g/mol. The minimum absolute atomic E-state index is 0.160. The minimum Gasteiger partial charge on any atom is -0.477 e. The third-order valence-electron chi connectivity index (χ3n) is 7.85. The molecule has 1 aliphatic carbocycles. The van der Waals surface area contributed by atoms with Crippen molar-refractivity contribution in [1.82, 2.24) is 4.98 Å². The zero-order valence-electron chi connectivity index (χ0n) is 26.5. The summed E-state index contributed by atoms with van der Waals surface area (Å²) in [4.78, 5) is 29.4. The van der Waals surface area contributed by atoms with E-state index in [1.54, 1.807) is 47.8 Å². The van der Waals surface area contributed by atoms with E-state index in [0.717, 1.165) is 40.1 Å². The standard InChI is InChI=1S/C33H44FN3O5S3/c1-5-22-6-8-24(26(34)18-22)25-19-23-7-9-27(37-28(23)42-29(25)38)40-10-12-43-14-16-45-17-15-44-13-11-41-30(39)32(4)21-33(32,36)20-31(2,3)35/h6-9,18-19H,5,10-17,20-21,35-36H2,1-4H3. The summed E-state index contributed by atoms with van der Waals surface area (Å²) >= 11 is 5.48. The smallest absolute Gasteiger partial charge is 0.345 e. The van der Waals surface area contributed by atoms with Gasteiger partial charge in [-0.3, -0.25) is 4.79 Å². The molecule has 12 heteroatoms. The summed E-state index contributed by atoms with van der Waals surface area (Å²) in [7, 11) is 0. The van der Waals surface area contributed by atoms with Gasteiger partial charge in [0.2, 0.25) is 11.6 Å². The number of ether oxygens (including phenoxy) is 2. The molecule has 2 aromatic heterocycles. The van der Waals surface area contributed by atoms with Crippen molar-refractivity contribution in [3.05, 3.63) is 58.2 Å². The van der Waals surface area contributed by atoms with Gasteiger partial charge in [-0.05, 0) is 63.8 Å². The highest BCUT2D eigenvalue weighted by Gasteiger charge is 2.68. The molecule has 1 fully saturated rings. The van der Waals surface area contributed by atoms with Crippen molar-refractivity contribution in [2.24, 2.45) is 16.9 Å². The molecule has 1 aromatic carbocycles. The quantitative estimate of drug-likeness (QED) is 0.123. The van der Waals surface area contributed by atoms with Crippen LogP contribution in [0.5, 0.6) is 5.88 Å². The lowest BCUT2D eigenvalue weighted by Gasteiger charge is -2.26. The molecule has 0 aliphatic heterocycles. The Kier molecular flexibility index (Phi) is 12.3. The molecule has 4 rings (SSSR count). The van der Waals surface area contributed by atoms with Crippen LogP contribution in [-0.4, -0.2) is 69.8 Å². The lowest BCUT2D eigenvalue weighted by atomic mass is 9.90. The third kappa shape index (κ3) is 9.63. The maximum Gasteiger partial charge on any atom is 0.345 e. The van der Waals surface area contributed by atoms with E-state index in [4.69, 9.17) is 25.4 Å². The van der Waals surface area contributed by atoms with Crippen LogP contribution in [0.4, 0.5) is 4.39 Å². The number of aryl methyl sites for hydroxylation is 1. The number of pyridine rings is 1. The first kappa shape index (κ1) is 35.6. The summed E-state index contributed by atoms with van der Waals surface area (Å²) in [5.74, 6) is 5.38. The molecule has 246 valence electrons. The van der Waals surface area contributed by atoms with Gasteiger partial charge in [0.05, 0.1) is 17.6 Å². The highest BCUT2D eigenvalue weighted by atomic mass is 32.2. The van der Waals surface area contributed by atoms with Gasteiger partial charge < -0.3 is 25.4 Å². The second-order valence-electron chi connectivity index (χ2n) is 12.3. The molecular weight excluding hydrogens is 634 g/mol. The number of carbonyl (C=O) groups is 1. The number of esters is 1. The Balaban J connectivity index is 1.05. The molecule has 0 bridgehead atoms. The fourth-order valence-electron chi connectivity index (χ4n) is 5.28. The van der Waals surface area contributed by atoms with E-state index >= 15 is 0 Å². The van der Waals surface area contributed by atoms with Gasteiger partial charge in [-0.2, -0.15) is 40.3 Å². The molecule has 0 spiro atoms. The van der Waals surface area contributed by atoms with Crippen molar-refractivity contribution in [2.45, 2.75) is 58.0 Å². The highest BCUT2D eigenvalue weighted by Crippen LogP contribution is 2.58. The van der Waals surface area contributed by atoms with Crippen LogP contribution in [0.2, 0.25) is 0 Å². The molecule has 2 heterocycles. The summed E-state index contributed by atoms with van der Waals surface area (Å²) in [6.07, 6.45) is 1.92. The average molecular weight is 678 g/mol. The number of nitrogens with two attached hydrogens (primary N) is 2. The molecule has 8 nitrogen and oxygen atoms in total.